The van der Waals surface area contributed by atoms with Crippen LogP contribution in [0.3, 0.4) is 0 Å². The van der Waals surface area contributed by atoms with Crippen LogP contribution in [0.4, 0.5) is 4.79 Å². The number of ether oxygens (including phenoxy) is 2. The monoisotopic (exact) mass is 646 g/mol. The largest absolute Gasteiger partial charge is 0.513 e. The Morgan fingerprint density at radius 1 is 0.907 bits per heavy atom. The Bertz CT molecular complexity index is 1080. The third-order valence-corrected chi connectivity index (χ3v) is 8.96. The molecule has 0 bridgehead atoms. The summed E-state index contributed by atoms with van der Waals surface area (Å²) < 4.78 is 23.7. The van der Waals surface area contributed by atoms with Gasteiger partial charge < -0.3 is 18.5 Å². The molecule has 248 valence electrons. The highest BCUT2D eigenvalue weighted by Crippen LogP contribution is 2.46. The molecule has 1 rings (SSSR count). The molecule has 0 aliphatic carbocycles. The summed E-state index contributed by atoms with van der Waals surface area (Å²) in [6.07, 6.45) is 22.8. The van der Waals surface area contributed by atoms with E-state index in [2.05, 4.69) is 11.9 Å². The normalized spacial score (nSPS) is 13.0. The molecule has 0 saturated heterocycles. The number of halogens is 1. The van der Waals surface area contributed by atoms with E-state index in [1.165, 1.54) is 94.2 Å². The van der Waals surface area contributed by atoms with Crippen LogP contribution in [0.1, 0.15) is 117 Å². The van der Waals surface area contributed by atoms with E-state index >= 15 is 0 Å². The molecule has 0 aliphatic heterocycles. The lowest BCUT2D eigenvalue weighted by molar-refractivity contribution is 0.0701. The third kappa shape index (κ3) is 20.7. The van der Waals surface area contributed by atoms with Crippen molar-refractivity contribution in [3.05, 3.63) is 44.2 Å². The highest BCUT2D eigenvalue weighted by molar-refractivity contribution is 7.65. The second-order valence-corrected chi connectivity index (χ2v) is 14.2. The Balaban J connectivity index is 2.27. The predicted octanol–water partition coefficient (Wildman–Crippen LogP) is 8.49. The molecule has 1 atom stereocenters. The van der Waals surface area contributed by atoms with Crippen molar-refractivity contribution < 1.29 is 23.3 Å². The SMILES string of the molecule is CCCCCCCCCCCCCCCCOCCCOP(C)(=CC=CCn1cc(Cl)c(=O)[nH]c1=O)OC(=O)OC(C)C. The number of aromatic amines is 1. The lowest BCUT2D eigenvalue weighted by Crippen LogP contribution is -2.29. The lowest BCUT2D eigenvalue weighted by Gasteiger charge is -2.21. The number of allylic oxidation sites excluding steroid dienone is 2. The van der Waals surface area contributed by atoms with Crippen molar-refractivity contribution in [1.82, 2.24) is 9.55 Å². The summed E-state index contributed by atoms with van der Waals surface area (Å²) >= 11 is 5.81. The first-order valence-electron chi connectivity index (χ1n) is 16.2. The molecular formula is C32H56ClN2O7P. The number of carbonyl (C=O) groups excluding carboxylic acids is 1. The van der Waals surface area contributed by atoms with Crippen LogP contribution in [0.15, 0.2) is 27.9 Å². The molecule has 0 spiro atoms. The number of carbonyl (C=O) groups is 1. The maximum Gasteiger partial charge on any atom is 0.513 e. The van der Waals surface area contributed by atoms with Gasteiger partial charge >= 0.3 is 11.8 Å². The Morgan fingerprint density at radius 3 is 2.05 bits per heavy atom. The lowest BCUT2D eigenvalue weighted by atomic mass is 10.0. The zero-order chi connectivity index (χ0) is 31.8. The van der Waals surface area contributed by atoms with Crippen LogP contribution in [-0.4, -0.2) is 54.1 Å². The predicted molar refractivity (Wildman–Crippen MR) is 179 cm³/mol. The van der Waals surface area contributed by atoms with Gasteiger partial charge in [0.25, 0.3) is 5.56 Å². The van der Waals surface area contributed by atoms with Gasteiger partial charge in [-0.2, -0.15) is 0 Å². The second kappa shape index (κ2) is 24.5. The summed E-state index contributed by atoms with van der Waals surface area (Å²) in [6.45, 7) is 9.30. The van der Waals surface area contributed by atoms with Crippen LogP contribution in [0.25, 0.3) is 0 Å². The van der Waals surface area contributed by atoms with Gasteiger partial charge in [0, 0.05) is 32.6 Å². The molecule has 9 nitrogen and oxygen atoms in total. The molecule has 43 heavy (non-hydrogen) atoms. The molecule has 0 aromatic carbocycles. The number of unbranched alkanes of at least 4 members (excludes halogenated alkanes) is 13. The quantitative estimate of drug-likeness (QED) is 0.0644. The zero-order valence-corrected chi connectivity index (χ0v) is 28.6. The first kappa shape index (κ1) is 39.2. The summed E-state index contributed by atoms with van der Waals surface area (Å²) in [4.78, 5) is 37.7. The number of H-pyrrole nitrogens is 1. The van der Waals surface area contributed by atoms with Crippen molar-refractivity contribution in [2.75, 3.05) is 26.5 Å². The molecule has 11 heteroatoms. The molecule has 1 unspecified atom stereocenters. The van der Waals surface area contributed by atoms with E-state index in [-0.39, 0.29) is 17.7 Å². The number of aromatic nitrogens is 2. The maximum atomic E-state index is 12.2. The van der Waals surface area contributed by atoms with Gasteiger partial charge in [0.15, 0.2) is 7.34 Å². The first-order chi connectivity index (χ1) is 20.7. The molecular weight excluding hydrogens is 591 g/mol. The average Bonchev–Trinajstić information content (AvgIpc) is 2.94. The van der Waals surface area contributed by atoms with Gasteiger partial charge in [-0.15, -0.1) is 0 Å². The van der Waals surface area contributed by atoms with Crippen LogP contribution < -0.4 is 11.2 Å². The Labute approximate surface area is 263 Å². The zero-order valence-electron chi connectivity index (χ0n) is 27.0. The molecule has 1 heterocycles. The van der Waals surface area contributed by atoms with Gasteiger partial charge in [0.2, 0.25) is 0 Å². The van der Waals surface area contributed by atoms with Crippen molar-refractivity contribution in [3.8, 4) is 0 Å². The summed E-state index contributed by atoms with van der Waals surface area (Å²) in [5, 5.41) is -0.0796. The van der Waals surface area contributed by atoms with E-state index in [4.69, 9.17) is 30.1 Å². The molecule has 0 amide bonds. The van der Waals surface area contributed by atoms with Crippen molar-refractivity contribution in [2.24, 2.45) is 0 Å². The number of hydrogen-bond acceptors (Lipinski definition) is 7. The van der Waals surface area contributed by atoms with Crippen LogP contribution >= 0.6 is 18.9 Å². The Morgan fingerprint density at radius 2 is 1.47 bits per heavy atom. The van der Waals surface area contributed by atoms with Crippen LogP contribution in [0.5, 0.6) is 0 Å². The maximum absolute atomic E-state index is 12.2. The van der Waals surface area contributed by atoms with Crippen LogP contribution in [-0.2, 0) is 25.1 Å². The fourth-order valence-electron chi connectivity index (χ4n) is 4.38. The highest BCUT2D eigenvalue weighted by atomic mass is 35.5. The summed E-state index contributed by atoms with van der Waals surface area (Å²) in [5.41, 5.74) is -1.20. The number of hydrogen-bond donors (Lipinski definition) is 1. The molecule has 1 aromatic heterocycles. The van der Waals surface area contributed by atoms with E-state index in [0.717, 1.165) is 13.0 Å². The van der Waals surface area contributed by atoms with Crippen LogP contribution in [0, 0.1) is 0 Å². The fourth-order valence-corrected chi connectivity index (χ4v) is 6.01. The summed E-state index contributed by atoms with van der Waals surface area (Å²) in [7, 11) is -2.74. The Kier molecular flexibility index (Phi) is 22.4. The molecule has 0 saturated carbocycles. The van der Waals surface area contributed by atoms with Crippen molar-refractivity contribution in [1.29, 1.82) is 0 Å². The Hall–Kier alpha value is -1.80. The first-order valence-corrected chi connectivity index (χ1v) is 18.7. The fraction of sp³-hybridized carbons (Fsp3) is 0.750. The molecule has 1 aromatic rings. The van der Waals surface area contributed by atoms with Crippen LogP contribution in [0.2, 0.25) is 5.02 Å². The average molecular weight is 647 g/mol. The van der Waals surface area contributed by atoms with E-state index < -0.39 is 24.7 Å². The van der Waals surface area contributed by atoms with E-state index in [0.29, 0.717) is 19.6 Å². The standard InChI is InChI=1S/C32H56ClN2O7P/c1-5-6-7-8-9-10-11-12-13-14-15-16-17-19-23-39-24-21-25-40-43(4,42-32(38)41-28(2)3)26-20-18-22-35-27-29(33)30(36)34-31(35)37/h18,20,26-28H,5-17,19,21-25H2,1-4H3,(H,34,36,37). The van der Waals surface area contributed by atoms with E-state index in [1.54, 1.807) is 38.5 Å². The van der Waals surface area contributed by atoms with Crippen molar-refractivity contribution >= 4 is 30.9 Å². The van der Waals surface area contributed by atoms with E-state index in [9.17, 15) is 14.4 Å². The van der Waals surface area contributed by atoms with E-state index in [1.807, 2.05) is 0 Å². The second-order valence-electron chi connectivity index (χ2n) is 11.3. The van der Waals surface area contributed by atoms with Gasteiger partial charge in [-0.25, -0.2) is 9.59 Å². The van der Waals surface area contributed by atoms with Crippen molar-refractivity contribution in [3.63, 3.8) is 0 Å². The summed E-state index contributed by atoms with van der Waals surface area (Å²) in [5.74, 6) is 1.67. The van der Waals surface area contributed by atoms with Gasteiger partial charge in [-0.05, 0) is 32.5 Å². The smallest absolute Gasteiger partial charge is 0.431 e. The number of nitrogens with zero attached hydrogens (tertiary/aromatic N) is 1. The van der Waals surface area contributed by atoms with Gasteiger partial charge in [-0.1, -0.05) is 114 Å². The molecule has 0 radical (unpaired) electrons. The number of rotatable bonds is 25. The van der Waals surface area contributed by atoms with Gasteiger partial charge in [-0.3, -0.25) is 14.3 Å². The minimum Gasteiger partial charge on any atom is -0.431 e. The number of nitrogens with one attached hydrogen (secondary N) is 1. The van der Waals surface area contributed by atoms with Gasteiger partial charge in [0.1, 0.15) is 5.02 Å². The molecule has 1 N–H and O–H groups in total. The molecule has 0 fully saturated rings. The minimum absolute atomic E-state index is 0.0796. The van der Waals surface area contributed by atoms with Crippen molar-refractivity contribution in [2.45, 2.75) is 130 Å². The summed E-state index contributed by atoms with van der Waals surface area (Å²) in [6, 6.07) is 0. The minimum atomic E-state index is -2.74. The molecule has 0 aliphatic rings. The highest BCUT2D eigenvalue weighted by Gasteiger charge is 2.19. The van der Waals surface area contributed by atoms with Gasteiger partial charge in [0.05, 0.1) is 12.7 Å². The topological polar surface area (TPSA) is 109 Å². The third-order valence-electron chi connectivity index (χ3n) is 6.77.